The molecule has 0 atom stereocenters. The molecule has 2 aromatic carbocycles. The van der Waals surface area contributed by atoms with Crippen molar-refractivity contribution in [2.45, 2.75) is 19.8 Å². The van der Waals surface area contributed by atoms with E-state index in [0.29, 0.717) is 0 Å². The van der Waals surface area contributed by atoms with Gasteiger partial charge in [-0.3, -0.25) is 0 Å². The number of aryl methyl sites for hydroxylation is 1. The molecule has 0 bridgehead atoms. The van der Waals surface area contributed by atoms with Crippen LogP contribution in [-0.4, -0.2) is 7.05 Å². The van der Waals surface area contributed by atoms with Crippen molar-refractivity contribution in [3.63, 3.8) is 0 Å². The van der Waals surface area contributed by atoms with Crippen LogP contribution in [-0.2, 0) is 12.8 Å². The summed E-state index contributed by atoms with van der Waals surface area (Å²) >= 11 is 0. The SMILES string of the molecule is CCc1ccc(Cc2ccc(N=NC)cc2)cc1. The highest BCUT2D eigenvalue weighted by atomic mass is 15.1. The van der Waals surface area contributed by atoms with Gasteiger partial charge < -0.3 is 0 Å². The molecule has 0 radical (unpaired) electrons. The molecule has 0 aliphatic rings. The van der Waals surface area contributed by atoms with E-state index in [2.05, 4.69) is 53.6 Å². The Morgan fingerprint density at radius 2 is 1.28 bits per heavy atom. The van der Waals surface area contributed by atoms with Gasteiger partial charge in [0.05, 0.1) is 5.69 Å². The highest BCUT2D eigenvalue weighted by molar-refractivity contribution is 5.39. The minimum atomic E-state index is 0.905. The predicted molar refractivity (Wildman–Crippen MR) is 75.5 cm³/mol. The maximum Gasteiger partial charge on any atom is 0.0852 e. The van der Waals surface area contributed by atoms with E-state index in [1.165, 1.54) is 16.7 Å². The number of hydrogen-bond donors (Lipinski definition) is 0. The largest absolute Gasteiger partial charge is 0.192 e. The fourth-order valence-electron chi connectivity index (χ4n) is 1.92. The van der Waals surface area contributed by atoms with Crippen molar-refractivity contribution in [2.24, 2.45) is 10.2 Å². The summed E-state index contributed by atoms with van der Waals surface area (Å²) in [6.45, 7) is 2.18. The molecular formula is C16H18N2. The maximum atomic E-state index is 4.00. The van der Waals surface area contributed by atoms with E-state index in [-0.39, 0.29) is 0 Å². The first kappa shape index (κ1) is 12.5. The topological polar surface area (TPSA) is 24.7 Å². The number of azo groups is 1. The number of hydrogen-bond acceptors (Lipinski definition) is 2. The number of benzene rings is 2. The van der Waals surface area contributed by atoms with Crippen molar-refractivity contribution >= 4 is 5.69 Å². The van der Waals surface area contributed by atoms with Gasteiger partial charge in [0.15, 0.2) is 0 Å². The Morgan fingerprint density at radius 3 is 1.78 bits per heavy atom. The van der Waals surface area contributed by atoms with Crippen molar-refractivity contribution in [2.75, 3.05) is 7.05 Å². The van der Waals surface area contributed by atoms with Crippen LogP contribution in [0.4, 0.5) is 5.69 Å². The lowest BCUT2D eigenvalue weighted by Crippen LogP contribution is -1.88. The molecule has 0 aliphatic carbocycles. The van der Waals surface area contributed by atoms with Crippen LogP contribution in [0.5, 0.6) is 0 Å². The molecule has 18 heavy (non-hydrogen) atoms. The molecule has 0 aliphatic heterocycles. The molecule has 0 heterocycles. The second-order valence-corrected chi connectivity index (χ2v) is 4.31. The Balaban J connectivity index is 2.08. The summed E-state index contributed by atoms with van der Waals surface area (Å²) in [5.74, 6) is 0. The smallest absolute Gasteiger partial charge is 0.0852 e. The van der Waals surface area contributed by atoms with Crippen molar-refractivity contribution in [3.8, 4) is 0 Å². The minimum absolute atomic E-state index is 0.905. The first-order chi connectivity index (χ1) is 8.81. The van der Waals surface area contributed by atoms with Gasteiger partial charge in [0, 0.05) is 7.05 Å². The van der Waals surface area contributed by atoms with Gasteiger partial charge in [-0.1, -0.05) is 43.3 Å². The Labute approximate surface area is 108 Å². The van der Waals surface area contributed by atoms with Gasteiger partial charge in [-0.25, -0.2) is 0 Å². The first-order valence-electron chi connectivity index (χ1n) is 6.28. The van der Waals surface area contributed by atoms with Gasteiger partial charge in [0.1, 0.15) is 0 Å². The van der Waals surface area contributed by atoms with E-state index in [0.717, 1.165) is 18.5 Å². The van der Waals surface area contributed by atoms with Crippen LogP contribution >= 0.6 is 0 Å². The molecule has 0 spiro atoms. The van der Waals surface area contributed by atoms with E-state index < -0.39 is 0 Å². The Kier molecular flexibility index (Phi) is 4.24. The molecule has 0 fully saturated rings. The quantitative estimate of drug-likeness (QED) is 0.698. The summed E-state index contributed by atoms with van der Waals surface area (Å²) in [5.41, 5.74) is 4.94. The molecule has 0 saturated carbocycles. The third kappa shape index (κ3) is 3.27. The zero-order valence-electron chi connectivity index (χ0n) is 10.9. The summed E-state index contributed by atoms with van der Waals surface area (Å²) < 4.78 is 0. The zero-order chi connectivity index (χ0) is 12.8. The van der Waals surface area contributed by atoms with Crippen molar-refractivity contribution in [1.82, 2.24) is 0 Å². The molecule has 0 amide bonds. The summed E-state index contributed by atoms with van der Waals surface area (Å²) in [5, 5.41) is 7.77. The third-order valence-electron chi connectivity index (χ3n) is 2.99. The molecule has 0 N–H and O–H groups in total. The van der Waals surface area contributed by atoms with Gasteiger partial charge in [0.2, 0.25) is 0 Å². The van der Waals surface area contributed by atoms with Gasteiger partial charge in [-0.2, -0.15) is 10.2 Å². The lowest BCUT2D eigenvalue weighted by Gasteiger charge is -2.03. The molecule has 0 unspecified atom stereocenters. The standard InChI is InChI=1S/C16H18N2/c1-3-13-4-6-14(7-5-13)12-15-8-10-16(11-9-15)18-17-2/h4-11H,3,12H2,1-2H3. The van der Waals surface area contributed by atoms with E-state index >= 15 is 0 Å². The van der Waals surface area contributed by atoms with Crippen molar-refractivity contribution in [1.29, 1.82) is 0 Å². The van der Waals surface area contributed by atoms with Gasteiger partial charge in [-0.15, -0.1) is 0 Å². The van der Waals surface area contributed by atoms with Crippen LogP contribution in [0.15, 0.2) is 58.8 Å². The van der Waals surface area contributed by atoms with Crippen molar-refractivity contribution < 1.29 is 0 Å². The van der Waals surface area contributed by atoms with E-state index in [9.17, 15) is 0 Å². The molecule has 92 valence electrons. The van der Waals surface area contributed by atoms with Gasteiger partial charge in [0.25, 0.3) is 0 Å². The Morgan fingerprint density at radius 1 is 0.778 bits per heavy atom. The molecule has 2 rings (SSSR count). The second kappa shape index (κ2) is 6.10. The van der Waals surface area contributed by atoms with E-state index in [1.54, 1.807) is 7.05 Å². The Bertz CT molecular complexity index is 510. The average molecular weight is 238 g/mol. The molecule has 0 aromatic heterocycles. The fourth-order valence-corrected chi connectivity index (χ4v) is 1.92. The number of rotatable bonds is 4. The van der Waals surface area contributed by atoms with Crippen molar-refractivity contribution in [3.05, 3.63) is 65.2 Å². The highest BCUT2D eigenvalue weighted by Gasteiger charge is 1.97. The fraction of sp³-hybridized carbons (Fsp3) is 0.250. The first-order valence-corrected chi connectivity index (χ1v) is 6.28. The molecule has 2 aromatic rings. The summed E-state index contributed by atoms with van der Waals surface area (Å²) in [6, 6.07) is 17.0. The van der Waals surface area contributed by atoms with Gasteiger partial charge >= 0.3 is 0 Å². The van der Waals surface area contributed by atoms with Crippen LogP contribution in [0.2, 0.25) is 0 Å². The third-order valence-corrected chi connectivity index (χ3v) is 2.99. The van der Waals surface area contributed by atoms with E-state index in [1.807, 2.05) is 12.1 Å². The lowest BCUT2D eigenvalue weighted by molar-refractivity contribution is 1.12. The maximum absolute atomic E-state index is 4.00. The van der Waals surface area contributed by atoms with Crippen LogP contribution in [0.3, 0.4) is 0 Å². The zero-order valence-corrected chi connectivity index (χ0v) is 10.9. The minimum Gasteiger partial charge on any atom is -0.192 e. The lowest BCUT2D eigenvalue weighted by atomic mass is 10.0. The summed E-state index contributed by atoms with van der Waals surface area (Å²) in [4.78, 5) is 0. The summed E-state index contributed by atoms with van der Waals surface area (Å²) in [6.07, 6.45) is 2.06. The van der Waals surface area contributed by atoms with Crippen LogP contribution in [0.1, 0.15) is 23.6 Å². The van der Waals surface area contributed by atoms with Crippen LogP contribution < -0.4 is 0 Å². The normalized spacial score (nSPS) is 11.0. The van der Waals surface area contributed by atoms with Crippen LogP contribution in [0, 0.1) is 0 Å². The van der Waals surface area contributed by atoms with Gasteiger partial charge in [-0.05, 0) is 41.7 Å². The summed E-state index contributed by atoms with van der Waals surface area (Å²) in [7, 11) is 1.68. The molecule has 2 nitrogen and oxygen atoms in total. The average Bonchev–Trinajstić information content (AvgIpc) is 2.42. The molecular weight excluding hydrogens is 220 g/mol. The monoisotopic (exact) mass is 238 g/mol. The van der Waals surface area contributed by atoms with E-state index in [4.69, 9.17) is 0 Å². The second-order valence-electron chi connectivity index (χ2n) is 4.31. The molecule has 0 saturated heterocycles. The highest BCUT2D eigenvalue weighted by Crippen LogP contribution is 2.16. The molecule has 2 heteroatoms. The Hall–Kier alpha value is -1.96. The number of nitrogens with zero attached hydrogens (tertiary/aromatic N) is 2. The predicted octanol–water partition coefficient (Wildman–Crippen LogP) is 4.55. The van der Waals surface area contributed by atoms with Crippen LogP contribution in [0.25, 0.3) is 0 Å².